The highest BCUT2D eigenvalue weighted by Crippen LogP contribution is 2.20. The molecular formula is C8H15NO2. The molecule has 3 heteroatoms. The summed E-state index contributed by atoms with van der Waals surface area (Å²) in [6.07, 6.45) is 2.27. The zero-order valence-electron chi connectivity index (χ0n) is 7.00. The Kier molecular flexibility index (Phi) is 2.49. The number of carbonyl (C=O) groups is 1. The molecule has 0 heterocycles. The summed E-state index contributed by atoms with van der Waals surface area (Å²) in [5.41, 5.74) is 0. The molecule has 0 amide bonds. The predicted molar refractivity (Wildman–Crippen MR) is 42.4 cm³/mol. The van der Waals surface area contributed by atoms with Gasteiger partial charge in [0.15, 0.2) is 0 Å². The monoisotopic (exact) mass is 157 g/mol. The van der Waals surface area contributed by atoms with Crippen molar-refractivity contribution in [3.8, 4) is 0 Å². The van der Waals surface area contributed by atoms with Crippen molar-refractivity contribution in [1.29, 1.82) is 0 Å². The lowest BCUT2D eigenvalue weighted by Crippen LogP contribution is -2.42. The summed E-state index contributed by atoms with van der Waals surface area (Å²) in [6.45, 7) is 3.85. The van der Waals surface area contributed by atoms with Gasteiger partial charge in [0.05, 0.1) is 0 Å². The highest BCUT2D eigenvalue weighted by atomic mass is 16.4. The number of hydrogen-bond donors (Lipinski definition) is 2. The van der Waals surface area contributed by atoms with Crippen LogP contribution in [-0.2, 0) is 4.79 Å². The molecule has 1 aliphatic rings. The van der Waals surface area contributed by atoms with Crippen LogP contribution in [0.5, 0.6) is 0 Å². The number of carboxylic acid groups (broad SMARTS) is 1. The van der Waals surface area contributed by atoms with Crippen molar-refractivity contribution in [3.63, 3.8) is 0 Å². The molecule has 2 N–H and O–H groups in total. The highest BCUT2D eigenvalue weighted by molar-refractivity contribution is 5.73. The molecule has 1 saturated carbocycles. The Bertz CT molecular complexity index is 152. The second-order valence-corrected chi connectivity index (χ2v) is 3.50. The van der Waals surface area contributed by atoms with Crippen LogP contribution in [0.15, 0.2) is 0 Å². The molecule has 0 spiro atoms. The molecule has 64 valence electrons. The average Bonchev–Trinajstić information content (AvgIpc) is 2.63. The molecule has 0 saturated heterocycles. The highest BCUT2D eigenvalue weighted by Gasteiger charge is 2.29. The second kappa shape index (κ2) is 3.22. The molecule has 0 aromatic heterocycles. The van der Waals surface area contributed by atoms with Crippen LogP contribution < -0.4 is 5.32 Å². The molecule has 0 aliphatic heterocycles. The summed E-state index contributed by atoms with van der Waals surface area (Å²) < 4.78 is 0. The fourth-order valence-corrected chi connectivity index (χ4v) is 1.05. The molecule has 1 fully saturated rings. The molecule has 1 atom stereocenters. The Morgan fingerprint density at radius 2 is 2.09 bits per heavy atom. The van der Waals surface area contributed by atoms with E-state index < -0.39 is 5.97 Å². The first kappa shape index (κ1) is 8.53. The first-order valence-corrected chi connectivity index (χ1v) is 4.10. The van der Waals surface area contributed by atoms with E-state index in [1.54, 1.807) is 0 Å². The van der Waals surface area contributed by atoms with Crippen LogP contribution in [-0.4, -0.2) is 23.2 Å². The van der Waals surface area contributed by atoms with E-state index in [-0.39, 0.29) is 12.0 Å². The van der Waals surface area contributed by atoms with Gasteiger partial charge in [0.1, 0.15) is 6.04 Å². The zero-order chi connectivity index (χ0) is 8.43. The van der Waals surface area contributed by atoms with E-state index in [1.807, 2.05) is 13.8 Å². The van der Waals surface area contributed by atoms with Crippen LogP contribution in [0.4, 0.5) is 0 Å². The molecule has 0 unspecified atom stereocenters. The van der Waals surface area contributed by atoms with E-state index >= 15 is 0 Å². The third kappa shape index (κ3) is 2.50. The number of rotatable bonds is 4. The second-order valence-electron chi connectivity index (χ2n) is 3.50. The zero-order valence-corrected chi connectivity index (χ0v) is 7.00. The van der Waals surface area contributed by atoms with Gasteiger partial charge in [0.2, 0.25) is 0 Å². The van der Waals surface area contributed by atoms with Crippen LogP contribution in [0.1, 0.15) is 26.7 Å². The quantitative estimate of drug-likeness (QED) is 0.636. The van der Waals surface area contributed by atoms with E-state index in [0.717, 1.165) is 12.8 Å². The third-order valence-electron chi connectivity index (χ3n) is 1.93. The summed E-state index contributed by atoms with van der Waals surface area (Å²) in [4.78, 5) is 10.6. The predicted octanol–water partition coefficient (Wildman–Crippen LogP) is 0.848. The topological polar surface area (TPSA) is 49.3 Å². The Morgan fingerprint density at radius 1 is 1.55 bits per heavy atom. The van der Waals surface area contributed by atoms with Gasteiger partial charge in [0, 0.05) is 6.04 Å². The maximum absolute atomic E-state index is 10.6. The maximum atomic E-state index is 10.6. The van der Waals surface area contributed by atoms with Crippen LogP contribution in [0.2, 0.25) is 0 Å². The normalized spacial score (nSPS) is 20.3. The van der Waals surface area contributed by atoms with Crippen LogP contribution in [0.3, 0.4) is 0 Å². The molecule has 3 nitrogen and oxygen atoms in total. The van der Waals surface area contributed by atoms with Crippen molar-refractivity contribution in [1.82, 2.24) is 5.32 Å². The fraction of sp³-hybridized carbons (Fsp3) is 0.875. The van der Waals surface area contributed by atoms with Gasteiger partial charge in [-0.25, -0.2) is 0 Å². The Hall–Kier alpha value is -0.570. The van der Waals surface area contributed by atoms with Crippen molar-refractivity contribution in [2.24, 2.45) is 5.92 Å². The van der Waals surface area contributed by atoms with Gasteiger partial charge in [-0.1, -0.05) is 13.8 Å². The average molecular weight is 157 g/mol. The van der Waals surface area contributed by atoms with E-state index in [1.165, 1.54) is 0 Å². The first-order valence-electron chi connectivity index (χ1n) is 4.10. The SMILES string of the molecule is CC(C)[C@H](NC1CC1)C(=O)O. The van der Waals surface area contributed by atoms with Crippen molar-refractivity contribution < 1.29 is 9.90 Å². The van der Waals surface area contributed by atoms with Crippen LogP contribution >= 0.6 is 0 Å². The van der Waals surface area contributed by atoms with Gasteiger partial charge in [-0.15, -0.1) is 0 Å². The molecule has 0 aromatic carbocycles. The lowest BCUT2D eigenvalue weighted by Gasteiger charge is -2.16. The number of carboxylic acids is 1. The lowest BCUT2D eigenvalue weighted by atomic mass is 10.1. The number of hydrogen-bond acceptors (Lipinski definition) is 2. The summed E-state index contributed by atoms with van der Waals surface area (Å²) in [5.74, 6) is -0.556. The number of nitrogens with one attached hydrogen (secondary N) is 1. The van der Waals surface area contributed by atoms with Gasteiger partial charge in [-0.05, 0) is 18.8 Å². The smallest absolute Gasteiger partial charge is 0.320 e. The third-order valence-corrected chi connectivity index (χ3v) is 1.93. The molecule has 0 bridgehead atoms. The summed E-state index contributed by atoms with van der Waals surface area (Å²) in [6, 6.07) is 0.112. The Balaban J connectivity index is 2.37. The van der Waals surface area contributed by atoms with E-state index in [9.17, 15) is 4.79 Å². The van der Waals surface area contributed by atoms with E-state index in [2.05, 4.69) is 5.32 Å². The Morgan fingerprint density at radius 3 is 2.36 bits per heavy atom. The summed E-state index contributed by atoms with van der Waals surface area (Å²) in [5, 5.41) is 11.8. The summed E-state index contributed by atoms with van der Waals surface area (Å²) in [7, 11) is 0. The summed E-state index contributed by atoms with van der Waals surface area (Å²) >= 11 is 0. The maximum Gasteiger partial charge on any atom is 0.320 e. The number of aliphatic carboxylic acids is 1. The van der Waals surface area contributed by atoms with Gasteiger partial charge in [0.25, 0.3) is 0 Å². The minimum Gasteiger partial charge on any atom is -0.480 e. The van der Waals surface area contributed by atoms with Gasteiger partial charge in [-0.2, -0.15) is 0 Å². The van der Waals surface area contributed by atoms with Gasteiger partial charge < -0.3 is 10.4 Å². The van der Waals surface area contributed by atoms with Crippen molar-refractivity contribution in [2.45, 2.75) is 38.8 Å². The van der Waals surface area contributed by atoms with Gasteiger partial charge in [-0.3, -0.25) is 4.79 Å². The van der Waals surface area contributed by atoms with E-state index in [0.29, 0.717) is 6.04 Å². The van der Waals surface area contributed by atoms with Gasteiger partial charge >= 0.3 is 5.97 Å². The van der Waals surface area contributed by atoms with E-state index in [4.69, 9.17) is 5.11 Å². The Labute approximate surface area is 66.8 Å². The molecule has 0 aromatic rings. The minimum absolute atomic E-state index is 0.174. The standard InChI is InChI=1S/C8H15NO2/c1-5(2)7(8(10)11)9-6-3-4-6/h5-7,9H,3-4H2,1-2H3,(H,10,11)/t7-/m0/s1. The minimum atomic E-state index is -0.730. The van der Waals surface area contributed by atoms with Crippen LogP contribution in [0.25, 0.3) is 0 Å². The molecule has 11 heavy (non-hydrogen) atoms. The first-order chi connectivity index (χ1) is 5.11. The van der Waals surface area contributed by atoms with Crippen molar-refractivity contribution in [2.75, 3.05) is 0 Å². The molecule has 1 aliphatic carbocycles. The lowest BCUT2D eigenvalue weighted by molar-refractivity contribution is -0.140. The molecule has 1 rings (SSSR count). The molecule has 0 radical (unpaired) electrons. The largest absolute Gasteiger partial charge is 0.480 e. The fourth-order valence-electron chi connectivity index (χ4n) is 1.05. The van der Waals surface area contributed by atoms with Crippen molar-refractivity contribution in [3.05, 3.63) is 0 Å². The van der Waals surface area contributed by atoms with Crippen LogP contribution in [0, 0.1) is 5.92 Å². The van der Waals surface area contributed by atoms with Crippen molar-refractivity contribution >= 4 is 5.97 Å². The molecular weight excluding hydrogens is 142 g/mol.